The number of hydrogen-bond acceptors (Lipinski definition) is 1. The fourth-order valence-corrected chi connectivity index (χ4v) is 1.65. The summed E-state index contributed by atoms with van der Waals surface area (Å²) in [5.41, 5.74) is -0.382. The van der Waals surface area contributed by atoms with Crippen molar-refractivity contribution in [2.45, 2.75) is 37.7 Å². The van der Waals surface area contributed by atoms with E-state index in [0.29, 0.717) is 6.61 Å². The Labute approximate surface area is 93.1 Å². The van der Waals surface area contributed by atoms with Crippen molar-refractivity contribution >= 4 is 0 Å². The molecule has 0 spiro atoms. The number of ether oxygens (including phenoxy) is 1. The molecule has 0 heterocycles. The molecule has 0 aromatic heterocycles. The Bertz CT molecular complexity index is 187. The molecule has 0 radical (unpaired) electrons. The first kappa shape index (κ1) is 12.9. The molecule has 0 aromatic rings. The second-order valence-electron chi connectivity index (χ2n) is 3.28. The molecule has 1 aliphatic rings. The summed E-state index contributed by atoms with van der Waals surface area (Å²) in [6.07, 6.45) is 14.4. The zero-order chi connectivity index (χ0) is 8.86. The van der Waals surface area contributed by atoms with Gasteiger partial charge in [-0.25, -0.2) is 0 Å². The van der Waals surface area contributed by atoms with Crippen molar-refractivity contribution in [1.29, 1.82) is 0 Å². The van der Waals surface area contributed by atoms with Crippen molar-refractivity contribution in [3.05, 3.63) is 19.1 Å². The third-order valence-electron chi connectivity index (χ3n) is 2.37. The number of hydrogen-bond donors (Lipinski definition) is 0. The third-order valence-corrected chi connectivity index (χ3v) is 2.37. The summed E-state index contributed by atoms with van der Waals surface area (Å²) in [7, 11) is 0. The van der Waals surface area contributed by atoms with Gasteiger partial charge in [-0.3, -0.25) is 0 Å². The zero-order valence-electron chi connectivity index (χ0n) is 8.44. The van der Waals surface area contributed by atoms with E-state index >= 15 is 0 Å². The van der Waals surface area contributed by atoms with Crippen LogP contribution in [0.2, 0.25) is 0 Å². The van der Waals surface area contributed by atoms with Gasteiger partial charge in [-0.2, -0.15) is 0 Å². The normalized spacial score (nSPS) is 19.6. The van der Waals surface area contributed by atoms with Crippen LogP contribution in [0.15, 0.2) is 12.7 Å². The fourth-order valence-electron chi connectivity index (χ4n) is 1.65. The summed E-state index contributed by atoms with van der Waals surface area (Å²) < 4.78 is 5.55. The monoisotopic (exact) mass is 170 g/mol. The maximum absolute atomic E-state index is 7.21. The van der Waals surface area contributed by atoms with Crippen LogP contribution >= 0.6 is 0 Å². The number of rotatable bonds is 3. The Hall–Kier alpha value is -0.143. The molecule has 2 heteroatoms. The van der Waals surface area contributed by atoms with Crippen LogP contribution in [0.3, 0.4) is 0 Å². The summed E-state index contributed by atoms with van der Waals surface area (Å²) >= 11 is 0. The Morgan fingerprint density at radius 3 is 2.46 bits per heavy atom. The van der Waals surface area contributed by atoms with Crippen molar-refractivity contribution in [2.75, 3.05) is 6.61 Å². The summed E-state index contributed by atoms with van der Waals surface area (Å²) in [6.45, 7) is 4.13. The van der Waals surface area contributed by atoms with Gasteiger partial charge < -0.3 is 17.1 Å². The molecular weight excluding hydrogens is 155 g/mol. The molecule has 1 aliphatic carbocycles. The van der Waals surface area contributed by atoms with E-state index < -0.39 is 0 Å². The van der Waals surface area contributed by atoms with Gasteiger partial charge in [0.15, 0.2) is 0 Å². The van der Waals surface area contributed by atoms with Crippen LogP contribution < -0.4 is 18.9 Å². The first-order valence-electron chi connectivity index (χ1n) is 4.52. The van der Waals surface area contributed by atoms with Gasteiger partial charge in [0.25, 0.3) is 0 Å². The first-order valence-corrected chi connectivity index (χ1v) is 4.52. The predicted octanol–water partition coefficient (Wildman–Crippen LogP) is -0.514. The van der Waals surface area contributed by atoms with E-state index in [0.717, 1.165) is 25.7 Å². The largest absolute Gasteiger partial charge is 1.00 e. The SMILES string of the molecule is [C-]#CC1(OCC=C)CCCCC1.[Li+]. The maximum Gasteiger partial charge on any atom is 1.00 e. The van der Waals surface area contributed by atoms with Crippen molar-refractivity contribution in [3.63, 3.8) is 0 Å². The van der Waals surface area contributed by atoms with Gasteiger partial charge in [0.2, 0.25) is 0 Å². The molecule has 1 saturated carbocycles. The minimum atomic E-state index is -0.382. The second-order valence-corrected chi connectivity index (χ2v) is 3.28. The summed E-state index contributed by atoms with van der Waals surface area (Å²) in [6, 6.07) is 0. The van der Waals surface area contributed by atoms with Gasteiger partial charge in [-0.1, -0.05) is 12.5 Å². The Kier molecular flexibility index (Phi) is 6.26. The van der Waals surface area contributed by atoms with Gasteiger partial charge in [0.05, 0.1) is 12.2 Å². The second kappa shape index (κ2) is 6.33. The van der Waals surface area contributed by atoms with Gasteiger partial charge in [-0.05, 0) is 25.7 Å². The Morgan fingerprint density at radius 2 is 2.00 bits per heavy atom. The van der Waals surface area contributed by atoms with E-state index in [-0.39, 0.29) is 24.5 Å². The molecule has 0 saturated heterocycles. The average molecular weight is 170 g/mol. The minimum Gasteiger partial charge on any atom is -0.691 e. The van der Waals surface area contributed by atoms with Crippen molar-refractivity contribution < 1.29 is 23.6 Å². The molecule has 66 valence electrons. The topological polar surface area (TPSA) is 9.23 Å². The van der Waals surface area contributed by atoms with Crippen molar-refractivity contribution in [1.82, 2.24) is 0 Å². The Balaban J connectivity index is 0.00000144. The molecule has 0 aliphatic heterocycles. The van der Waals surface area contributed by atoms with Crippen LogP contribution in [0.4, 0.5) is 0 Å². The van der Waals surface area contributed by atoms with Crippen LogP contribution in [0.25, 0.3) is 0 Å². The van der Waals surface area contributed by atoms with Gasteiger partial charge in [-0.15, -0.1) is 6.58 Å². The summed E-state index contributed by atoms with van der Waals surface area (Å²) in [4.78, 5) is 0. The molecule has 0 amide bonds. The van der Waals surface area contributed by atoms with Crippen molar-refractivity contribution in [2.24, 2.45) is 0 Å². The fraction of sp³-hybridized carbons (Fsp3) is 0.636. The third kappa shape index (κ3) is 3.61. The Morgan fingerprint density at radius 1 is 1.38 bits per heavy atom. The first-order chi connectivity index (χ1) is 5.83. The van der Waals surface area contributed by atoms with Crippen LogP contribution in [0, 0.1) is 12.3 Å². The smallest absolute Gasteiger partial charge is 0.691 e. The van der Waals surface area contributed by atoms with Gasteiger partial charge >= 0.3 is 18.9 Å². The maximum atomic E-state index is 7.21. The molecule has 0 N–H and O–H groups in total. The molecule has 0 unspecified atom stereocenters. The van der Waals surface area contributed by atoms with Crippen LogP contribution in [-0.2, 0) is 4.74 Å². The van der Waals surface area contributed by atoms with E-state index in [4.69, 9.17) is 11.2 Å². The zero-order valence-corrected chi connectivity index (χ0v) is 8.44. The van der Waals surface area contributed by atoms with Gasteiger partial charge in [0.1, 0.15) is 0 Å². The summed E-state index contributed by atoms with van der Waals surface area (Å²) in [5.74, 6) is 2.53. The summed E-state index contributed by atoms with van der Waals surface area (Å²) in [5, 5.41) is 0. The van der Waals surface area contributed by atoms with Crippen LogP contribution in [0.5, 0.6) is 0 Å². The molecule has 0 aromatic carbocycles. The molecule has 13 heavy (non-hydrogen) atoms. The molecule has 0 bridgehead atoms. The van der Waals surface area contributed by atoms with Gasteiger partial charge in [0, 0.05) is 0 Å². The minimum absolute atomic E-state index is 0. The van der Waals surface area contributed by atoms with E-state index in [1.54, 1.807) is 6.08 Å². The van der Waals surface area contributed by atoms with E-state index in [1.807, 2.05) is 0 Å². The quantitative estimate of drug-likeness (QED) is 0.240. The molecule has 1 rings (SSSR count). The molecule has 0 atom stereocenters. The molecular formula is C11H15LiO. The standard InChI is InChI=1S/C11H15O.Li/c1-3-10-12-11(4-2)8-6-5-7-9-11;/h3H,1,5-10H2;/q-1;+1. The van der Waals surface area contributed by atoms with E-state index in [9.17, 15) is 0 Å². The van der Waals surface area contributed by atoms with Crippen LogP contribution in [0.1, 0.15) is 32.1 Å². The predicted molar refractivity (Wildman–Crippen MR) is 49.1 cm³/mol. The molecule has 1 fully saturated rings. The van der Waals surface area contributed by atoms with E-state index in [1.165, 1.54) is 6.42 Å². The molecule has 1 nitrogen and oxygen atoms in total. The van der Waals surface area contributed by atoms with E-state index in [2.05, 4.69) is 12.5 Å². The van der Waals surface area contributed by atoms with Crippen LogP contribution in [-0.4, -0.2) is 12.2 Å². The van der Waals surface area contributed by atoms with Crippen molar-refractivity contribution in [3.8, 4) is 5.92 Å². The average Bonchev–Trinajstić information content (AvgIpc) is 2.16.